The smallest absolute Gasteiger partial charge is 0.255 e. The van der Waals surface area contributed by atoms with E-state index in [2.05, 4.69) is 16.8 Å². The summed E-state index contributed by atoms with van der Waals surface area (Å²) in [5.74, 6) is 5.58. The first-order chi connectivity index (χ1) is 9.63. The van der Waals surface area contributed by atoms with Crippen molar-refractivity contribution in [2.75, 3.05) is 20.2 Å². The molecule has 1 fully saturated rings. The fourth-order valence-electron chi connectivity index (χ4n) is 2.36. The second kappa shape index (κ2) is 6.51. The number of carbonyl (C=O) groups is 1. The highest BCUT2D eigenvalue weighted by Crippen LogP contribution is 2.20. The molecule has 2 N–H and O–H groups in total. The van der Waals surface area contributed by atoms with E-state index >= 15 is 0 Å². The number of likely N-dealkylation sites (N-methyl/N-ethyl adjacent to an activating group) is 1. The van der Waals surface area contributed by atoms with Crippen LogP contribution < -0.4 is 5.73 Å². The van der Waals surface area contributed by atoms with Crippen LogP contribution in [0, 0.1) is 11.8 Å². The van der Waals surface area contributed by atoms with Crippen LogP contribution in [0.3, 0.4) is 0 Å². The number of hydrogen-bond donors (Lipinski definition) is 1. The maximum atomic E-state index is 12.5. The van der Waals surface area contributed by atoms with Crippen LogP contribution in [0.5, 0.6) is 0 Å². The summed E-state index contributed by atoms with van der Waals surface area (Å²) < 4.78 is 5.50. The Balaban J connectivity index is 2.16. The lowest BCUT2D eigenvalue weighted by Crippen LogP contribution is -2.41. The fourth-order valence-corrected chi connectivity index (χ4v) is 2.36. The number of rotatable bonds is 2. The van der Waals surface area contributed by atoms with E-state index in [1.54, 1.807) is 30.4 Å². The molecule has 0 radical (unpaired) electrons. The van der Waals surface area contributed by atoms with E-state index in [1.807, 2.05) is 6.92 Å². The molecule has 2 rings (SSSR count). The van der Waals surface area contributed by atoms with Crippen molar-refractivity contribution in [3.8, 4) is 11.8 Å². The molecule has 2 heterocycles. The number of amides is 1. The molecule has 20 heavy (non-hydrogen) atoms. The van der Waals surface area contributed by atoms with Crippen LogP contribution >= 0.6 is 0 Å². The van der Waals surface area contributed by atoms with Crippen LogP contribution in [-0.2, 0) is 4.74 Å². The lowest BCUT2D eigenvalue weighted by molar-refractivity contribution is 0.0574. The van der Waals surface area contributed by atoms with Gasteiger partial charge in [-0.05, 0) is 19.4 Å². The van der Waals surface area contributed by atoms with Gasteiger partial charge in [0.2, 0.25) is 0 Å². The monoisotopic (exact) mass is 273 g/mol. The second-order valence-corrected chi connectivity index (χ2v) is 4.82. The van der Waals surface area contributed by atoms with Crippen molar-refractivity contribution >= 4 is 5.91 Å². The van der Waals surface area contributed by atoms with Crippen LogP contribution in [-0.4, -0.2) is 48.1 Å². The molecule has 1 aromatic rings. The highest BCUT2D eigenvalue weighted by atomic mass is 16.5. The summed E-state index contributed by atoms with van der Waals surface area (Å²) >= 11 is 0. The SMILES string of the molecule is CC1OCCC1N(C)C(=O)c1cncc(C#CCN)c1. The zero-order valence-corrected chi connectivity index (χ0v) is 11.8. The zero-order valence-electron chi connectivity index (χ0n) is 11.8. The Bertz CT molecular complexity index is 548. The van der Waals surface area contributed by atoms with Crippen LogP contribution in [0.15, 0.2) is 18.5 Å². The highest BCUT2D eigenvalue weighted by Gasteiger charge is 2.31. The summed E-state index contributed by atoms with van der Waals surface area (Å²) in [7, 11) is 1.80. The van der Waals surface area contributed by atoms with Gasteiger partial charge in [0.05, 0.1) is 24.3 Å². The van der Waals surface area contributed by atoms with Gasteiger partial charge in [-0.25, -0.2) is 0 Å². The Morgan fingerprint density at radius 3 is 3.05 bits per heavy atom. The molecule has 1 aliphatic rings. The normalized spacial score (nSPS) is 21.1. The number of nitrogens with zero attached hydrogens (tertiary/aromatic N) is 2. The van der Waals surface area contributed by atoms with Gasteiger partial charge in [-0.2, -0.15) is 0 Å². The maximum absolute atomic E-state index is 12.5. The summed E-state index contributed by atoms with van der Waals surface area (Å²) in [6, 6.07) is 1.86. The summed E-state index contributed by atoms with van der Waals surface area (Å²) in [6.45, 7) is 2.97. The largest absolute Gasteiger partial charge is 0.376 e. The number of pyridine rings is 1. The Hall–Kier alpha value is -1.90. The molecule has 1 aliphatic heterocycles. The molecule has 106 valence electrons. The van der Waals surface area contributed by atoms with Crippen LogP contribution in [0.1, 0.15) is 29.3 Å². The molecular formula is C15H19N3O2. The van der Waals surface area contributed by atoms with Crippen molar-refractivity contribution in [1.82, 2.24) is 9.88 Å². The molecule has 0 aromatic carbocycles. The lowest BCUT2D eigenvalue weighted by Gasteiger charge is -2.26. The average molecular weight is 273 g/mol. The lowest BCUT2D eigenvalue weighted by atomic mass is 10.1. The third kappa shape index (κ3) is 3.16. The number of aromatic nitrogens is 1. The summed E-state index contributed by atoms with van der Waals surface area (Å²) in [5.41, 5.74) is 6.57. The van der Waals surface area contributed by atoms with Crippen LogP contribution in [0.25, 0.3) is 0 Å². The van der Waals surface area contributed by atoms with Crippen LogP contribution in [0.2, 0.25) is 0 Å². The molecular weight excluding hydrogens is 254 g/mol. The second-order valence-electron chi connectivity index (χ2n) is 4.82. The molecule has 2 unspecified atom stereocenters. The average Bonchev–Trinajstić information content (AvgIpc) is 2.90. The van der Waals surface area contributed by atoms with E-state index in [1.165, 1.54) is 0 Å². The summed E-state index contributed by atoms with van der Waals surface area (Å²) in [4.78, 5) is 18.3. The van der Waals surface area contributed by atoms with Crippen molar-refractivity contribution in [1.29, 1.82) is 0 Å². The fraction of sp³-hybridized carbons (Fsp3) is 0.467. The van der Waals surface area contributed by atoms with E-state index in [0.29, 0.717) is 17.7 Å². The molecule has 1 aromatic heterocycles. The minimum atomic E-state index is -0.0590. The number of carbonyl (C=O) groups excluding carboxylic acids is 1. The minimum absolute atomic E-state index is 0.0590. The van der Waals surface area contributed by atoms with Gasteiger partial charge in [0.15, 0.2) is 0 Å². The van der Waals surface area contributed by atoms with Gasteiger partial charge in [0.25, 0.3) is 5.91 Å². The number of hydrogen-bond acceptors (Lipinski definition) is 4. The summed E-state index contributed by atoms with van der Waals surface area (Å²) in [5, 5.41) is 0. The van der Waals surface area contributed by atoms with Gasteiger partial charge >= 0.3 is 0 Å². The van der Waals surface area contributed by atoms with E-state index in [4.69, 9.17) is 10.5 Å². The third-order valence-electron chi connectivity index (χ3n) is 3.47. The maximum Gasteiger partial charge on any atom is 0.255 e. The van der Waals surface area contributed by atoms with Gasteiger partial charge in [-0.3, -0.25) is 9.78 Å². The van der Waals surface area contributed by atoms with E-state index in [-0.39, 0.29) is 24.6 Å². The molecule has 5 heteroatoms. The van der Waals surface area contributed by atoms with Crippen molar-refractivity contribution < 1.29 is 9.53 Å². The molecule has 1 amide bonds. The molecule has 0 spiro atoms. The molecule has 0 saturated carbocycles. The summed E-state index contributed by atoms with van der Waals surface area (Å²) in [6.07, 6.45) is 4.12. The van der Waals surface area contributed by atoms with Gasteiger partial charge in [-0.1, -0.05) is 11.8 Å². The Morgan fingerprint density at radius 2 is 2.40 bits per heavy atom. The zero-order chi connectivity index (χ0) is 14.5. The molecule has 5 nitrogen and oxygen atoms in total. The van der Waals surface area contributed by atoms with Gasteiger partial charge in [0.1, 0.15) is 0 Å². The van der Waals surface area contributed by atoms with Gasteiger partial charge in [-0.15, -0.1) is 0 Å². The van der Waals surface area contributed by atoms with Crippen molar-refractivity contribution in [3.05, 3.63) is 29.6 Å². The quantitative estimate of drug-likeness (QED) is 0.803. The van der Waals surface area contributed by atoms with E-state index in [0.717, 1.165) is 6.42 Å². The number of nitrogens with two attached hydrogens (primary N) is 1. The Kier molecular flexibility index (Phi) is 4.72. The topological polar surface area (TPSA) is 68.5 Å². The van der Waals surface area contributed by atoms with Crippen LogP contribution in [0.4, 0.5) is 0 Å². The first-order valence-electron chi connectivity index (χ1n) is 6.66. The van der Waals surface area contributed by atoms with E-state index in [9.17, 15) is 4.79 Å². The molecule has 2 atom stereocenters. The molecule has 0 bridgehead atoms. The van der Waals surface area contributed by atoms with Crippen molar-refractivity contribution in [2.45, 2.75) is 25.5 Å². The molecule has 0 aliphatic carbocycles. The predicted molar refractivity (Wildman–Crippen MR) is 76.1 cm³/mol. The molecule has 1 saturated heterocycles. The minimum Gasteiger partial charge on any atom is -0.376 e. The Labute approximate surface area is 119 Å². The van der Waals surface area contributed by atoms with Crippen molar-refractivity contribution in [3.63, 3.8) is 0 Å². The van der Waals surface area contributed by atoms with Crippen molar-refractivity contribution in [2.24, 2.45) is 5.73 Å². The van der Waals surface area contributed by atoms with Gasteiger partial charge < -0.3 is 15.4 Å². The first-order valence-corrected chi connectivity index (χ1v) is 6.66. The Morgan fingerprint density at radius 1 is 1.60 bits per heavy atom. The standard InChI is InChI=1S/C15H19N3O2/c1-11-14(5-7-20-11)18(2)15(19)13-8-12(4-3-6-16)9-17-10-13/h8-11,14H,5-7,16H2,1-2H3. The first kappa shape index (κ1) is 14.5. The van der Waals surface area contributed by atoms with Gasteiger partial charge in [0, 0.05) is 31.6 Å². The number of ether oxygens (including phenoxy) is 1. The van der Waals surface area contributed by atoms with E-state index < -0.39 is 0 Å². The predicted octanol–water partition coefficient (Wildman–Crippen LogP) is 0.641. The third-order valence-corrected chi connectivity index (χ3v) is 3.47. The highest BCUT2D eigenvalue weighted by molar-refractivity contribution is 5.94.